The van der Waals surface area contributed by atoms with Gasteiger partial charge in [0.2, 0.25) is 5.91 Å². The van der Waals surface area contributed by atoms with Gasteiger partial charge >= 0.3 is 0 Å². The second-order valence-corrected chi connectivity index (χ2v) is 22.9. The van der Waals surface area contributed by atoms with Crippen molar-refractivity contribution >= 4 is 5.91 Å². The molecule has 3 N–H and O–H groups in total. The lowest BCUT2D eigenvalue weighted by Gasteiger charge is -2.20. The summed E-state index contributed by atoms with van der Waals surface area (Å²) in [5.74, 6) is -0.0573. The first kappa shape index (κ1) is 71.3. The van der Waals surface area contributed by atoms with Crippen LogP contribution in [0.4, 0.5) is 0 Å². The Balaban J connectivity index is 3.44. The molecule has 0 fully saturated rings. The molecule has 0 aliphatic carbocycles. The Morgan fingerprint density at radius 3 is 0.836 bits per heavy atom. The monoisotopic (exact) mass is 1020 g/mol. The van der Waals surface area contributed by atoms with Crippen molar-refractivity contribution in [3.63, 3.8) is 0 Å². The number of carbonyl (C=O) groups excluding carboxylic acids is 1. The van der Waals surface area contributed by atoms with E-state index in [1.165, 1.54) is 308 Å². The van der Waals surface area contributed by atoms with Crippen LogP contribution < -0.4 is 5.32 Å². The predicted molar refractivity (Wildman–Crippen MR) is 327 cm³/mol. The molecule has 0 aromatic rings. The molecule has 0 rings (SSSR count). The normalized spacial score (nSPS) is 13.0. The highest BCUT2D eigenvalue weighted by molar-refractivity contribution is 5.76. The zero-order valence-corrected chi connectivity index (χ0v) is 49.7. The third-order valence-electron chi connectivity index (χ3n) is 15.6. The van der Waals surface area contributed by atoms with E-state index in [1.54, 1.807) is 6.08 Å². The van der Waals surface area contributed by atoms with Crippen LogP contribution >= 0.6 is 0 Å². The fourth-order valence-corrected chi connectivity index (χ4v) is 10.5. The molecule has 0 aliphatic heterocycles. The number of allylic oxidation sites excluding steroid dienone is 7. The van der Waals surface area contributed by atoms with Gasteiger partial charge in [0.25, 0.3) is 0 Å². The molecule has 0 bridgehead atoms. The summed E-state index contributed by atoms with van der Waals surface area (Å²) in [4.78, 5) is 12.5. The van der Waals surface area contributed by atoms with Crippen LogP contribution in [0.2, 0.25) is 0 Å². The maximum Gasteiger partial charge on any atom is 0.220 e. The van der Waals surface area contributed by atoms with E-state index in [2.05, 4.69) is 55.6 Å². The topological polar surface area (TPSA) is 69.6 Å². The second-order valence-electron chi connectivity index (χ2n) is 22.9. The molecule has 0 aromatic carbocycles. The number of aliphatic hydroxyl groups is 2. The van der Waals surface area contributed by atoms with Crippen LogP contribution in [0.3, 0.4) is 0 Å². The van der Waals surface area contributed by atoms with Crippen LogP contribution in [0, 0.1) is 0 Å². The van der Waals surface area contributed by atoms with Gasteiger partial charge in [0.15, 0.2) is 0 Å². The smallest absolute Gasteiger partial charge is 0.220 e. The van der Waals surface area contributed by atoms with Crippen molar-refractivity contribution in [2.45, 2.75) is 379 Å². The molecule has 0 radical (unpaired) electrons. The number of carbonyl (C=O) groups is 1. The summed E-state index contributed by atoms with van der Waals surface area (Å²) in [6.07, 6.45) is 90.4. The summed E-state index contributed by atoms with van der Waals surface area (Å²) in [7, 11) is 0. The number of unbranched alkanes of at least 4 members (excludes halogenated alkanes) is 49. The van der Waals surface area contributed by atoms with E-state index in [0.29, 0.717) is 6.42 Å². The van der Waals surface area contributed by atoms with Gasteiger partial charge in [-0.05, 0) is 57.8 Å². The maximum absolute atomic E-state index is 12.5. The standard InChI is InChI=1S/C69H131NO3/c1-3-5-7-9-11-13-15-17-19-21-23-25-27-29-31-32-33-34-35-36-37-38-39-41-43-45-47-49-51-53-55-57-59-61-63-65-69(73)70-67(66-71)68(72)64-62-60-58-56-54-52-50-48-46-44-42-40-30-28-26-24-22-20-18-16-14-12-10-8-6-4-2/h15,17,21,23,27,29,62,64,67-68,71-72H,3-14,16,18-20,22,24-26,28,30-61,63,65-66H2,1-2H3,(H,70,73)/b17-15-,23-21-,29-27-,64-62+. The van der Waals surface area contributed by atoms with Gasteiger partial charge in [0, 0.05) is 6.42 Å². The molecule has 430 valence electrons. The Kier molecular flexibility index (Phi) is 63.2. The Labute approximate surface area is 458 Å². The highest BCUT2D eigenvalue weighted by Crippen LogP contribution is 2.18. The number of amides is 1. The van der Waals surface area contributed by atoms with E-state index in [-0.39, 0.29) is 12.5 Å². The third kappa shape index (κ3) is 61.1. The molecule has 73 heavy (non-hydrogen) atoms. The Morgan fingerprint density at radius 2 is 0.562 bits per heavy atom. The van der Waals surface area contributed by atoms with Crippen LogP contribution in [0.15, 0.2) is 48.6 Å². The molecule has 1 amide bonds. The van der Waals surface area contributed by atoms with E-state index in [1.807, 2.05) is 6.08 Å². The van der Waals surface area contributed by atoms with Gasteiger partial charge in [-0.1, -0.05) is 351 Å². The molecule has 0 saturated carbocycles. The summed E-state index contributed by atoms with van der Waals surface area (Å²) in [5, 5.41) is 23.3. The molecule has 4 nitrogen and oxygen atoms in total. The van der Waals surface area contributed by atoms with Crippen molar-refractivity contribution in [2.24, 2.45) is 0 Å². The highest BCUT2D eigenvalue weighted by atomic mass is 16.3. The molecule has 0 aliphatic rings. The first-order chi connectivity index (χ1) is 36.2. The second kappa shape index (κ2) is 64.6. The van der Waals surface area contributed by atoms with Crippen LogP contribution in [0.25, 0.3) is 0 Å². The minimum absolute atomic E-state index is 0.0573. The summed E-state index contributed by atoms with van der Waals surface area (Å²) < 4.78 is 0. The van der Waals surface area contributed by atoms with Crippen molar-refractivity contribution < 1.29 is 15.0 Å². The SMILES string of the molecule is CCCCCCC/C=C\C/C=C\C/C=C\CCCCCCCCCCCCCCCCCCCCCCC(=O)NC(CO)C(O)/C=C/CCCCCCCCCCCCCCCCCCCCCCCCCC. The maximum atomic E-state index is 12.5. The van der Waals surface area contributed by atoms with Gasteiger partial charge in [0.1, 0.15) is 0 Å². The van der Waals surface area contributed by atoms with Gasteiger partial charge in [-0.15, -0.1) is 0 Å². The summed E-state index contributed by atoms with van der Waals surface area (Å²) in [6.45, 7) is 4.34. The lowest BCUT2D eigenvalue weighted by molar-refractivity contribution is -0.123. The average Bonchev–Trinajstić information content (AvgIpc) is 3.40. The van der Waals surface area contributed by atoms with E-state index in [9.17, 15) is 15.0 Å². The fourth-order valence-electron chi connectivity index (χ4n) is 10.5. The molecule has 0 spiro atoms. The van der Waals surface area contributed by atoms with Gasteiger partial charge in [0.05, 0.1) is 18.8 Å². The minimum Gasteiger partial charge on any atom is -0.394 e. The van der Waals surface area contributed by atoms with Gasteiger partial charge in [-0.2, -0.15) is 0 Å². The van der Waals surface area contributed by atoms with Gasteiger partial charge in [-0.3, -0.25) is 4.79 Å². The van der Waals surface area contributed by atoms with Crippen molar-refractivity contribution in [2.75, 3.05) is 6.61 Å². The molecule has 2 atom stereocenters. The average molecular weight is 1020 g/mol. The lowest BCUT2D eigenvalue weighted by Crippen LogP contribution is -2.45. The highest BCUT2D eigenvalue weighted by Gasteiger charge is 2.18. The Bertz CT molecular complexity index is 1160. The van der Waals surface area contributed by atoms with Crippen molar-refractivity contribution in [1.29, 1.82) is 0 Å². The van der Waals surface area contributed by atoms with Crippen molar-refractivity contribution in [3.05, 3.63) is 48.6 Å². The lowest BCUT2D eigenvalue weighted by atomic mass is 10.0. The van der Waals surface area contributed by atoms with Crippen LogP contribution in [-0.4, -0.2) is 34.9 Å². The first-order valence-corrected chi connectivity index (χ1v) is 33.4. The summed E-state index contributed by atoms with van der Waals surface area (Å²) in [6, 6.07) is -0.623. The van der Waals surface area contributed by atoms with E-state index < -0.39 is 12.1 Å². The van der Waals surface area contributed by atoms with Crippen molar-refractivity contribution in [3.8, 4) is 0 Å². The molecule has 0 aromatic heterocycles. The van der Waals surface area contributed by atoms with Crippen molar-refractivity contribution in [1.82, 2.24) is 5.32 Å². The number of rotatable bonds is 62. The Hall–Kier alpha value is -1.65. The quantitative estimate of drug-likeness (QED) is 0.0420. The Morgan fingerprint density at radius 1 is 0.329 bits per heavy atom. The molecule has 4 heteroatoms. The van der Waals surface area contributed by atoms with Gasteiger partial charge < -0.3 is 15.5 Å². The number of aliphatic hydroxyl groups excluding tert-OH is 2. The van der Waals surface area contributed by atoms with Crippen LogP contribution in [-0.2, 0) is 4.79 Å². The largest absolute Gasteiger partial charge is 0.394 e. The first-order valence-electron chi connectivity index (χ1n) is 33.4. The molecular formula is C69H131NO3. The predicted octanol–water partition coefficient (Wildman–Crippen LogP) is 22.5. The van der Waals surface area contributed by atoms with E-state index >= 15 is 0 Å². The van der Waals surface area contributed by atoms with Crippen LogP contribution in [0.1, 0.15) is 367 Å². The van der Waals surface area contributed by atoms with Gasteiger partial charge in [-0.25, -0.2) is 0 Å². The molecule has 0 saturated heterocycles. The molecule has 2 unspecified atom stereocenters. The summed E-state index contributed by atoms with van der Waals surface area (Å²) in [5.41, 5.74) is 0. The molecular weight excluding hydrogens is 891 g/mol. The number of nitrogens with one attached hydrogen (secondary N) is 1. The number of hydrogen-bond acceptors (Lipinski definition) is 3. The minimum atomic E-state index is -0.840. The molecule has 0 heterocycles. The van der Waals surface area contributed by atoms with E-state index in [0.717, 1.165) is 38.5 Å². The number of hydrogen-bond donors (Lipinski definition) is 3. The fraction of sp³-hybridized carbons (Fsp3) is 0.870. The van der Waals surface area contributed by atoms with Crippen LogP contribution in [0.5, 0.6) is 0 Å². The zero-order valence-electron chi connectivity index (χ0n) is 49.7. The zero-order chi connectivity index (χ0) is 52.7. The third-order valence-corrected chi connectivity index (χ3v) is 15.6. The summed E-state index contributed by atoms with van der Waals surface area (Å²) >= 11 is 0. The van der Waals surface area contributed by atoms with E-state index in [4.69, 9.17) is 0 Å².